The highest BCUT2D eigenvalue weighted by molar-refractivity contribution is 5.57. The number of rotatable bonds is 2. The number of nitrogens with zero attached hydrogens (tertiary/aromatic N) is 2. The fourth-order valence-electron chi connectivity index (χ4n) is 0.985. The van der Waals surface area contributed by atoms with Gasteiger partial charge in [-0.2, -0.15) is 5.10 Å². The molecule has 2 rings (SSSR count). The largest absolute Gasteiger partial charge is 0.384 e. The molecule has 5 nitrogen and oxygen atoms in total. The van der Waals surface area contributed by atoms with Gasteiger partial charge in [-0.3, -0.25) is 10.1 Å². The number of anilines is 3. The Morgan fingerprint density at radius 3 is 3.00 bits per heavy atom. The van der Waals surface area contributed by atoms with Crippen LogP contribution in [0.2, 0.25) is 0 Å². The minimum atomic E-state index is 0.534. The first-order valence-corrected chi connectivity index (χ1v) is 3.82. The predicted octanol–water partition coefficient (Wildman–Crippen LogP) is 1.13. The summed E-state index contributed by atoms with van der Waals surface area (Å²) in [5, 5.41) is 9.60. The van der Waals surface area contributed by atoms with Gasteiger partial charge < -0.3 is 11.1 Å². The van der Waals surface area contributed by atoms with Crippen LogP contribution in [0, 0.1) is 0 Å². The van der Waals surface area contributed by atoms with Crippen LogP contribution < -0.4 is 11.1 Å². The molecule has 0 saturated heterocycles. The monoisotopic (exact) mass is 175 g/mol. The molecule has 0 atom stereocenters. The third kappa shape index (κ3) is 1.76. The topological polar surface area (TPSA) is 79.6 Å². The van der Waals surface area contributed by atoms with E-state index in [0.717, 1.165) is 5.69 Å². The lowest BCUT2D eigenvalue weighted by Crippen LogP contribution is -1.90. The molecule has 0 spiro atoms. The van der Waals surface area contributed by atoms with Crippen LogP contribution in [0.15, 0.2) is 30.6 Å². The van der Waals surface area contributed by atoms with Gasteiger partial charge in [-0.1, -0.05) is 0 Å². The van der Waals surface area contributed by atoms with Gasteiger partial charge in [-0.15, -0.1) is 0 Å². The van der Waals surface area contributed by atoms with Gasteiger partial charge >= 0.3 is 0 Å². The second kappa shape index (κ2) is 3.14. The van der Waals surface area contributed by atoms with E-state index in [9.17, 15) is 0 Å². The van der Waals surface area contributed by atoms with Crippen molar-refractivity contribution in [1.82, 2.24) is 15.2 Å². The fraction of sp³-hybridized carbons (Fsp3) is 0. The molecule has 2 aromatic rings. The summed E-state index contributed by atoms with van der Waals surface area (Å²) in [6.45, 7) is 0. The average Bonchev–Trinajstić information content (AvgIpc) is 2.53. The van der Waals surface area contributed by atoms with E-state index in [1.54, 1.807) is 18.5 Å². The number of hydrogen-bond donors (Lipinski definition) is 3. The van der Waals surface area contributed by atoms with Gasteiger partial charge in [0.15, 0.2) is 5.82 Å². The zero-order valence-corrected chi connectivity index (χ0v) is 6.86. The van der Waals surface area contributed by atoms with Crippen LogP contribution in [0.4, 0.5) is 17.3 Å². The molecule has 0 aromatic carbocycles. The lowest BCUT2D eigenvalue weighted by Gasteiger charge is -1.99. The van der Waals surface area contributed by atoms with Crippen molar-refractivity contribution in [2.75, 3.05) is 11.1 Å². The van der Waals surface area contributed by atoms with Gasteiger partial charge in [0.2, 0.25) is 0 Å². The number of H-pyrrole nitrogens is 1. The molecule has 0 fully saturated rings. The van der Waals surface area contributed by atoms with Gasteiger partial charge in [0, 0.05) is 12.3 Å². The van der Waals surface area contributed by atoms with Gasteiger partial charge in [-0.25, -0.2) is 0 Å². The van der Waals surface area contributed by atoms with Crippen LogP contribution in [0.3, 0.4) is 0 Å². The molecule has 5 heteroatoms. The molecule has 0 bridgehead atoms. The van der Waals surface area contributed by atoms with Crippen LogP contribution in [0.5, 0.6) is 0 Å². The highest BCUT2D eigenvalue weighted by Crippen LogP contribution is 2.13. The SMILES string of the molecule is Nc1cc(Nc2cccnc2)n[nH]1. The molecule has 0 aliphatic rings. The van der Waals surface area contributed by atoms with Crippen molar-refractivity contribution < 1.29 is 0 Å². The van der Waals surface area contributed by atoms with Crippen LogP contribution >= 0.6 is 0 Å². The van der Waals surface area contributed by atoms with E-state index in [1.165, 1.54) is 0 Å². The summed E-state index contributed by atoms with van der Waals surface area (Å²) in [5.41, 5.74) is 6.34. The number of nitrogens with two attached hydrogens (primary N) is 1. The fourth-order valence-corrected chi connectivity index (χ4v) is 0.985. The number of hydrogen-bond acceptors (Lipinski definition) is 4. The Labute approximate surface area is 75.0 Å². The van der Waals surface area contributed by atoms with Crippen molar-refractivity contribution in [1.29, 1.82) is 0 Å². The van der Waals surface area contributed by atoms with E-state index in [1.807, 2.05) is 12.1 Å². The smallest absolute Gasteiger partial charge is 0.154 e. The van der Waals surface area contributed by atoms with Crippen molar-refractivity contribution in [2.24, 2.45) is 0 Å². The van der Waals surface area contributed by atoms with Crippen molar-refractivity contribution in [3.63, 3.8) is 0 Å². The first-order chi connectivity index (χ1) is 6.34. The third-order valence-corrected chi connectivity index (χ3v) is 1.53. The summed E-state index contributed by atoms with van der Waals surface area (Å²) < 4.78 is 0. The van der Waals surface area contributed by atoms with E-state index < -0.39 is 0 Å². The lowest BCUT2D eigenvalue weighted by molar-refractivity contribution is 1.10. The molecule has 13 heavy (non-hydrogen) atoms. The molecule has 66 valence electrons. The Morgan fingerprint density at radius 1 is 1.46 bits per heavy atom. The second-order valence-corrected chi connectivity index (χ2v) is 2.58. The van der Waals surface area contributed by atoms with E-state index in [-0.39, 0.29) is 0 Å². The first-order valence-electron chi connectivity index (χ1n) is 3.82. The highest BCUT2D eigenvalue weighted by Gasteiger charge is 1.97. The summed E-state index contributed by atoms with van der Waals surface area (Å²) >= 11 is 0. The van der Waals surface area contributed by atoms with Crippen LogP contribution in [-0.4, -0.2) is 15.2 Å². The zero-order valence-electron chi connectivity index (χ0n) is 6.86. The number of aromatic nitrogens is 3. The summed E-state index contributed by atoms with van der Waals surface area (Å²) in [7, 11) is 0. The number of pyridine rings is 1. The number of nitrogen functional groups attached to an aromatic ring is 1. The molecule has 0 radical (unpaired) electrons. The highest BCUT2D eigenvalue weighted by atomic mass is 15.2. The van der Waals surface area contributed by atoms with Crippen molar-refractivity contribution >= 4 is 17.3 Å². The Hall–Kier alpha value is -2.04. The van der Waals surface area contributed by atoms with Crippen LogP contribution in [0.25, 0.3) is 0 Å². The first kappa shape index (κ1) is 7.60. The molecule has 4 N–H and O–H groups in total. The van der Waals surface area contributed by atoms with Gasteiger partial charge in [0.1, 0.15) is 5.82 Å². The summed E-state index contributed by atoms with van der Waals surface area (Å²) in [6.07, 6.45) is 3.43. The number of nitrogens with one attached hydrogen (secondary N) is 2. The summed E-state index contributed by atoms with van der Waals surface area (Å²) in [6, 6.07) is 5.46. The van der Waals surface area contributed by atoms with Gasteiger partial charge in [0.25, 0.3) is 0 Å². The van der Waals surface area contributed by atoms with Crippen molar-refractivity contribution in [3.05, 3.63) is 30.6 Å². The normalized spacial score (nSPS) is 9.85. The third-order valence-electron chi connectivity index (χ3n) is 1.53. The Balaban J connectivity index is 2.15. The molecule has 2 aromatic heterocycles. The zero-order chi connectivity index (χ0) is 9.10. The Kier molecular flexibility index (Phi) is 1.84. The predicted molar refractivity (Wildman–Crippen MR) is 50.5 cm³/mol. The van der Waals surface area contributed by atoms with E-state index >= 15 is 0 Å². The van der Waals surface area contributed by atoms with Crippen LogP contribution in [-0.2, 0) is 0 Å². The summed E-state index contributed by atoms with van der Waals surface area (Å²) in [4.78, 5) is 3.96. The maximum Gasteiger partial charge on any atom is 0.154 e. The standard InChI is InChI=1S/C8H9N5/c9-7-4-8(13-12-7)11-6-2-1-3-10-5-6/h1-5H,(H4,9,11,12,13). The van der Waals surface area contributed by atoms with E-state index in [2.05, 4.69) is 20.5 Å². The van der Waals surface area contributed by atoms with Gasteiger partial charge in [0.05, 0.1) is 11.9 Å². The maximum absolute atomic E-state index is 5.46. The van der Waals surface area contributed by atoms with E-state index in [0.29, 0.717) is 11.6 Å². The molecular weight excluding hydrogens is 166 g/mol. The molecule has 0 amide bonds. The van der Waals surface area contributed by atoms with Crippen LogP contribution in [0.1, 0.15) is 0 Å². The summed E-state index contributed by atoms with van der Waals surface area (Å²) in [5.74, 6) is 1.22. The Bertz CT molecular complexity index is 380. The molecule has 2 heterocycles. The lowest BCUT2D eigenvalue weighted by atomic mass is 10.4. The van der Waals surface area contributed by atoms with Crippen molar-refractivity contribution in [2.45, 2.75) is 0 Å². The van der Waals surface area contributed by atoms with Gasteiger partial charge in [-0.05, 0) is 12.1 Å². The second-order valence-electron chi connectivity index (χ2n) is 2.58. The minimum absolute atomic E-state index is 0.534. The van der Waals surface area contributed by atoms with Crippen molar-refractivity contribution in [3.8, 4) is 0 Å². The average molecular weight is 175 g/mol. The molecular formula is C8H9N5. The molecule has 0 aliphatic carbocycles. The molecule has 0 aliphatic heterocycles. The molecule has 0 unspecified atom stereocenters. The Morgan fingerprint density at radius 2 is 2.38 bits per heavy atom. The maximum atomic E-state index is 5.46. The quantitative estimate of drug-likeness (QED) is 0.639. The number of aromatic amines is 1. The minimum Gasteiger partial charge on any atom is -0.384 e. The molecule has 0 saturated carbocycles. The van der Waals surface area contributed by atoms with E-state index in [4.69, 9.17) is 5.73 Å².